The molecule has 1 rings (SSSR count). The lowest BCUT2D eigenvalue weighted by Gasteiger charge is -2.11. The summed E-state index contributed by atoms with van der Waals surface area (Å²) in [5.41, 5.74) is 0.853. The summed E-state index contributed by atoms with van der Waals surface area (Å²) < 4.78 is 18.9. The van der Waals surface area contributed by atoms with Crippen molar-refractivity contribution in [3.8, 4) is 5.75 Å². The van der Waals surface area contributed by atoms with Gasteiger partial charge in [-0.2, -0.15) is 0 Å². The zero-order chi connectivity index (χ0) is 15.0. The number of benzene rings is 1. The largest absolute Gasteiger partial charge is 0.493 e. The minimum absolute atomic E-state index is 0.0701. The number of nitrogens with one attached hydrogen (secondary N) is 1. The van der Waals surface area contributed by atoms with Gasteiger partial charge in [-0.25, -0.2) is 4.39 Å². The van der Waals surface area contributed by atoms with E-state index in [4.69, 9.17) is 4.74 Å². The zero-order valence-corrected chi connectivity index (χ0v) is 12.4. The highest BCUT2D eigenvalue weighted by Gasteiger charge is 2.05. The standard InChI is InChI=1S/C15H23FN2O2/c1-4-17-11-12-8-13(16)10-14(9-12)20-7-5-6-15(19)18(2)3/h8-10,17H,4-7,11H2,1-3H3. The third kappa shape index (κ3) is 6.02. The molecule has 1 N–H and O–H groups in total. The predicted octanol–water partition coefficient (Wildman–Crippen LogP) is 2.18. The average molecular weight is 282 g/mol. The highest BCUT2D eigenvalue weighted by molar-refractivity contribution is 5.75. The lowest BCUT2D eigenvalue weighted by atomic mass is 10.2. The van der Waals surface area contributed by atoms with Gasteiger partial charge in [0.05, 0.1) is 6.61 Å². The van der Waals surface area contributed by atoms with Crippen molar-refractivity contribution in [2.75, 3.05) is 27.2 Å². The fourth-order valence-corrected chi connectivity index (χ4v) is 1.71. The third-order valence-corrected chi connectivity index (χ3v) is 2.81. The van der Waals surface area contributed by atoms with Crippen LogP contribution in [-0.2, 0) is 11.3 Å². The van der Waals surface area contributed by atoms with Gasteiger partial charge in [-0.15, -0.1) is 0 Å². The molecule has 1 amide bonds. The Balaban J connectivity index is 2.43. The van der Waals surface area contributed by atoms with Crippen molar-refractivity contribution in [3.05, 3.63) is 29.6 Å². The van der Waals surface area contributed by atoms with E-state index >= 15 is 0 Å². The first kappa shape index (κ1) is 16.4. The number of ether oxygens (including phenoxy) is 1. The Bertz CT molecular complexity index is 436. The molecule has 0 aliphatic heterocycles. The summed E-state index contributed by atoms with van der Waals surface area (Å²) in [7, 11) is 3.45. The van der Waals surface area contributed by atoms with Crippen molar-refractivity contribution in [3.63, 3.8) is 0 Å². The quantitative estimate of drug-likeness (QED) is 0.743. The van der Waals surface area contributed by atoms with Gasteiger partial charge in [0.25, 0.3) is 0 Å². The zero-order valence-electron chi connectivity index (χ0n) is 12.4. The van der Waals surface area contributed by atoms with E-state index in [2.05, 4.69) is 5.32 Å². The fourth-order valence-electron chi connectivity index (χ4n) is 1.71. The minimum Gasteiger partial charge on any atom is -0.493 e. The van der Waals surface area contributed by atoms with Crippen LogP contribution in [0.5, 0.6) is 5.75 Å². The number of hydrogen-bond donors (Lipinski definition) is 1. The normalized spacial score (nSPS) is 10.4. The Morgan fingerprint density at radius 1 is 1.35 bits per heavy atom. The summed E-state index contributed by atoms with van der Waals surface area (Å²) in [6, 6.07) is 4.67. The fraction of sp³-hybridized carbons (Fsp3) is 0.533. The first-order chi connectivity index (χ1) is 9.52. The highest BCUT2D eigenvalue weighted by atomic mass is 19.1. The van der Waals surface area contributed by atoms with Crippen LogP contribution in [0.15, 0.2) is 18.2 Å². The van der Waals surface area contributed by atoms with Gasteiger partial charge in [-0.1, -0.05) is 6.92 Å². The highest BCUT2D eigenvalue weighted by Crippen LogP contribution is 2.17. The van der Waals surface area contributed by atoms with Gasteiger partial charge in [0.1, 0.15) is 11.6 Å². The second-order valence-electron chi connectivity index (χ2n) is 4.82. The Hall–Kier alpha value is -1.62. The molecule has 1 aromatic carbocycles. The number of halogens is 1. The summed E-state index contributed by atoms with van der Waals surface area (Å²) in [6.45, 7) is 3.85. The molecule has 0 fully saturated rings. The number of nitrogens with zero attached hydrogens (tertiary/aromatic N) is 1. The second kappa shape index (κ2) is 8.53. The Labute approximate surface area is 119 Å². The van der Waals surface area contributed by atoms with Gasteiger partial charge in [0, 0.05) is 33.1 Å². The Morgan fingerprint density at radius 2 is 2.10 bits per heavy atom. The van der Waals surface area contributed by atoms with E-state index in [0.29, 0.717) is 31.7 Å². The first-order valence-corrected chi connectivity index (χ1v) is 6.86. The topological polar surface area (TPSA) is 41.6 Å². The van der Waals surface area contributed by atoms with E-state index < -0.39 is 0 Å². The minimum atomic E-state index is -0.306. The first-order valence-electron chi connectivity index (χ1n) is 6.86. The van der Waals surface area contributed by atoms with Gasteiger partial charge in [0.15, 0.2) is 0 Å². The second-order valence-corrected chi connectivity index (χ2v) is 4.82. The number of carbonyl (C=O) groups is 1. The Morgan fingerprint density at radius 3 is 2.75 bits per heavy atom. The summed E-state index contributed by atoms with van der Waals surface area (Å²) in [5, 5.41) is 3.14. The van der Waals surface area contributed by atoms with Crippen LogP contribution in [0, 0.1) is 5.82 Å². The molecule has 1 aromatic rings. The number of rotatable bonds is 8. The monoisotopic (exact) mass is 282 g/mol. The maximum Gasteiger partial charge on any atom is 0.222 e. The predicted molar refractivity (Wildman–Crippen MR) is 77.2 cm³/mol. The average Bonchev–Trinajstić information content (AvgIpc) is 2.40. The molecule has 5 heteroatoms. The van der Waals surface area contributed by atoms with Crippen molar-refractivity contribution in [2.24, 2.45) is 0 Å². The molecule has 0 saturated heterocycles. The van der Waals surface area contributed by atoms with Crippen LogP contribution in [0.4, 0.5) is 4.39 Å². The number of carbonyl (C=O) groups excluding carboxylic acids is 1. The van der Waals surface area contributed by atoms with E-state index in [-0.39, 0.29) is 11.7 Å². The Kier molecular flexibility index (Phi) is 7.01. The molecule has 4 nitrogen and oxygen atoms in total. The summed E-state index contributed by atoms with van der Waals surface area (Å²) in [6.07, 6.45) is 1.06. The molecule has 20 heavy (non-hydrogen) atoms. The smallest absolute Gasteiger partial charge is 0.222 e. The van der Waals surface area contributed by atoms with Gasteiger partial charge in [-0.05, 0) is 30.7 Å². The van der Waals surface area contributed by atoms with Crippen LogP contribution in [0.1, 0.15) is 25.3 Å². The lowest BCUT2D eigenvalue weighted by molar-refractivity contribution is -0.128. The molecule has 0 aliphatic carbocycles. The van der Waals surface area contributed by atoms with Crippen LogP contribution in [-0.4, -0.2) is 38.1 Å². The molecule has 0 atom stereocenters. The van der Waals surface area contributed by atoms with E-state index in [1.165, 1.54) is 12.1 Å². The molecule has 0 aromatic heterocycles. The van der Waals surface area contributed by atoms with Crippen molar-refractivity contribution < 1.29 is 13.9 Å². The van der Waals surface area contributed by atoms with Gasteiger partial charge < -0.3 is 15.0 Å². The van der Waals surface area contributed by atoms with E-state index in [9.17, 15) is 9.18 Å². The van der Waals surface area contributed by atoms with Crippen molar-refractivity contribution in [1.29, 1.82) is 0 Å². The molecular weight excluding hydrogens is 259 g/mol. The molecule has 0 bridgehead atoms. The SMILES string of the molecule is CCNCc1cc(F)cc(OCCCC(=O)N(C)C)c1. The molecular formula is C15H23FN2O2. The van der Waals surface area contributed by atoms with E-state index in [1.54, 1.807) is 19.0 Å². The van der Waals surface area contributed by atoms with Crippen LogP contribution in [0.2, 0.25) is 0 Å². The number of amides is 1. The molecule has 0 saturated carbocycles. The molecule has 0 heterocycles. The van der Waals surface area contributed by atoms with Crippen LogP contribution in [0.25, 0.3) is 0 Å². The maximum atomic E-state index is 13.4. The molecule has 0 radical (unpaired) electrons. The van der Waals surface area contributed by atoms with Gasteiger partial charge in [0.2, 0.25) is 5.91 Å². The maximum absolute atomic E-state index is 13.4. The molecule has 0 unspecified atom stereocenters. The lowest BCUT2D eigenvalue weighted by Crippen LogP contribution is -2.21. The van der Waals surface area contributed by atoms with Crippen LogP contribution < -0.4 is 10.1 Å². The summed E-state index contributed by atoms with van der Waals surface area (Å²) in [4.78, 5) is 12.9. The van der Waals surface area contributed by atoms with E-state index in [1.807, 2.05) is 13.0 Å². The third-order valence-electron chi connectivity index (χ3n) is 2.81. The number of hydrogen-bond acceptors (Lipinski definition) is 3. The summed E-state index contributed by atoms with van der Waals surface area (Å²) >= 11 is 0. The molecule has 0 spiro atoms. The van der Waals surface area contributed by atoms with E-state index in [0.717, 1.165) is 12.1 Å². The molecule has 0 aliphatic rings. The van der Waals surface area contributed by atoms with Crippen molar-refractivity contribution in [1.82, 2.24) is 10.2 Å². The van der Waals surface area contributed by atoms with Crippen molar-refractivity contribution in [2.45, 2.75) is 26.3 Å². The van der Waals surface area contributed by atoms with Crippen molar-refractivity contribution >= 4 is 5.91 Å². The van der Waals surface area contributed by atoms with Gasteiger partial charge in [-0.3, -0.25) is 4.79 Å². The molecule has 112 valence electrons. The van der Waals surface area contributed by atoms with Crippen LogP contribution >= 0.6 is 0 Å². The van der Waals surface area contributed by atoms with Crippen LogP contribution in [0.3, 0.4) is 0 Å². The summed E-state index contributed by atoms with van der Waals surface area (Å²) in [5.74, 6) is 0.274. The van der Waals surface area contributed by atoms with Gasteiger partial charge >= 0.3 is 0 Å².